The second-order valence-corrected chi connectivity index (χ2v) is 5.07. The van der Waals surface area contributed by atoms with E-state index in [1.165, 1.54) is 0 Å². The van der Waals surface area contributed by atoms with Crippen LogP contribution in [0.1, 0.15) is 35.9 Å². The van der Waals surface area contributed by atoms with Gasteiger partial charge in [0.15, 0.2) is 0 Å². The van der Waals surface area contributed by atoms with Crippen LogP contribution in [0.4, 0.5) is 5.69 Å². The Morgan fingerprint density at radius 1 is 1.45 bits per heavy atom. The largest absolute Gasteiger partial charge is 0.455 e. The standard InChI is InChI=1S/C14H16ClN3O2/c1-9(2)18-7-6-10(17-18)8-20-14(19)11-4-3-5-12(15)13(11)16/h3-7,9H,8,16H2,1-2H3. The molecule has 2 rings (SSSR count). The van der Waals surface area contributed by atoms with Gasteiger partial charge in [-0.2, -0.15) is 5.10 Å². The molecule has 5 nitrogen and oxygen atoms in total. The van der Waals surface area contributed by atoms with Crippen molar-refractivity contribution in [3.8, 4) is 0 Å². The minimum Gasteiger partial charge on any atom is -0.455 e. The maximum Gasteiger partial charge on any atom is 0.340 e. The highest BCUT2D eigenvalue weighted by molar-refractivity contribution is 6.33. The number of anilines is 1. The van der Waals surface area contributed by atoms with Gasteiger partial charge in [0.05, 0.1) is 22.0 Å². The van der Waals surface area contributed by atoms with E-state index in [1.807, 2.05) is 26.1 Å². The Hall–Kier alpha value is -2.01. The number of aromatic nitrogens is 2. The summed E-state index contributed by atoms with van der Waals surface area (Å²) in [7, 11) is 0. The van der Waals surface area contributed by atoms with Gasteiger partial charge in [0, 0.05) is 12.2 Å². The third-order valence-corrected chi connectivity index (χ3v) is 3.15. The number of nitrogen functional groups attached to an aromatic ring is 1. The van der Waals surface area contributed by atoms with Crippen LogP contribution in [-0.2, 0) is 11.3 Å². The van der Waals surface area contributed by atoms with E-state index < -0.39 is 5.97 Å². The van der Waals surface area contributed by atoms with Gasteiger partial charge in [-0.1, -0.05) is 17.7 Å². The second-order valence-electron chi connectivity index (χ2n) is 4.66. The predicted octanol–water partition coefficient (Wildman–Crippen LogP) is 3.06. The first-order valence-electron chi connectivity index (χ1n) is 6.24. The van der Waals surface area contributed by atoms with Crippen LogP contribution in [0.5, 0.6) is 0 Å². The number of hydrogen-bond donors (Lipinski definition) is 1. The summed E-state index contributed by atoms with van der Waals surface area (Å²) in [6.45, 7) is 4.15. The van der Waals surface area contributed by atoms with Gasteiger partial charge in [-0.05, 0) is 32.0 Å². The summed E-state index contributed by atoms with van der Waals surface area (Å²) in [4.78, 5) is 11.9. The number of hydrogen-bond acceptors (Lipinski definition) is 4. The Morgan fingerprint density at radius 2 is 2.20 bits per heavy atom. The number of nitrogens with two attached hydrogens (primary N) is 1. The molecule has 0 saturated heterocycles. The maximum absolute atomic E-state index is 11.9. The van der Waals surface area contributed by atoms with Crippen LogP contribution in [0, 0.1) is 0 Å². The highest BCUT2D eigenvalue weighted by Gasteiger charge is 2.14. The van der Waals surface area contributed by atoms with E-state index >= 15 is 0 Å². The number of benzene rings is 1. The quantitative estimate of drug-likeness (QED) is 0.695. The number of halogens is 1. The van der Waals surface area contributed by atoms with Crippen LogP contribution in [0.15, 0.2) is 30.5 Å². The first kappa shape index (κ1) is 14.4. The lowest BCUT2D eigenvalue weighted by Gasteiger charge is -2.07. The van der Waals surface area contributed by atoms with Gasteiger partial charge in [-0.15, -0.1) is 0 Å². The van der Waals surface area contributed by atoms with Gasteiger partial charge in [-0.25, -0.2) is 4.79 Å². The van der Waals surface area contributed by atoms with E-state index in [1.54, 1.807) is 22.9 Å². The van der Waals surface area contributed by atoms with Crippen LogP contribution < -0.4 is 5.73 Å². The summed E-state index contributed by atoms with van der Waals surface area (Å²) in [6.07, 6.45) is 1.85. The van der Waals surface area contributed by atoms with Crippen molar-refractivity contribution in [2.45, 2.75) is 26.5 Å². The zero-order valence-corrected chi connectivity index (χ0v) is 12.1. The molecule has 1 aromatic heterocycles. The van der Waals surface area contributed by atoms with Gasteiger partial charge in [0.2, 0.25) is 0 Å². The first-order chi connectivity index (χ1) is 9.49. The molecule has 6 heteroatoms. The summed E-state index contributed by atoms with van der Waals surface area (Å²) in [5.74, 6) is -0.510. The van der Waals surface area contributed by atoms with E-state index in [9.17, 15) is 4.79 Å². The first-order valence-corrected chi connectivity index (χ1v) is 6.62. The highest BCUT2D eigenvalue weighted by Crippen LogP contribution is 2.23. The van der Waals surface area contributed by atoms with Crippen molar-refractivity contribution < 1.29 is 9.53 Å². The number of ether oxygens (including phenoxy) is 1. The van der Waals surface area contributed by atoms with E-state index in [4.69, 9.17) is 22.1 Å². The molecule has 0 fully saturated rings. The van der Waals surface area contributed by atoms with Crippen molar-refractivity contribution in [1.82, 2.24) is 9.78 Å². The van der Waals surface area contributed by atoms with Crippen LogP contribution in [0.25, 0.3) is 0 Å². The van der Waals surface area contributed by atoms with E-state index in [0.717, 1.165) is 0 Å². The van der Waals surface area contributed by atoms with Crippen molar-refractivity contribution in [1.29, 1.82) is 0 Å². The minimum atomic E-state index is -0.510. The molecule has 0 unspecified atom stereocenters. The molecule has 0 aliphatic carbocycles. The molecule has 0 bridgehead atoms. The summed E-state index contributed by atoms with van der Waals surface area (Å²) in [5, 5.41) is 4.63. The van der Waals surface area contributed by atoms with Crippen LogP contribution >= 0.6 is 11.6 Å². The molecule has 0 saturated carbocycles. The van der Waals surface area contributed by atoms with Gasteiger partial charge in [-0.3, -0.25) is 4.68 Å². The molecule has 1 aromatic carbocycles. The molecule has 0 atom stereocenters. The Bertz CT molecular complexity index is 623. The highest BCUT2D eigenvalue weighted by atomic mass is 35.5. The average molecular weight is 294 g/mol. The van der Waals surface area contributed by atoms with Crippen molar-refractivity contribution >= 4 is 23.3 Å². The van der Waals surface area contributed by atoms with E-state index in [-0.39, 0.29) is 23.9 Å². The van der Waals surface area contributed by atoms with Gasteiger partial charge in [0.1, 0.15) is 6.61 Å². The molecule has 0 aliphatic rings. The minimum absolute atomic E-state index is 0.102. The molecular weight excluding hydrogens is 278 g/mol. The maximum atomic E-state index is 11.9. The third-order valence-electron chi connectivity index (χ3n) is 2.82. The van der Waals surface area contributed by atoms with Crippen molar-refractivity contribution in [2.24, 2.45) is 0 Å². The summed E-state index contributed by atoms with van der Waals surface area (Å²) in [5.41, 5.74) is 6.92. The Kier molecular flexibility index (Phi) is 4.29. The van der Waals surface area contributed by atoms with Crippen LogP contribution in [0.3, 0.4) is 0 Å². The van der Waals surface area contributed by atoms with Crippen molar-refractivity contribution in [2.75, 3.05) is 5.73 Å². The van der Waals surface area contributed by atoms with E-state index in [2.05, 4.69) is 5.10 Å². The van der Waals surface area contributed by atoms with Crippen LogP contribution in [-0.4, -0.2) is 15.7 Å². The van der Waals surface area contributed by atoms with E-state index in [0.29, 0.717) is 10.7 Å². The van der Waals surface area contributed by atoms with Crippen molar-refractivity contribution in [3.63, 3.8) is 0 Å². The number of rotatable bonds is 4. The summed E-state index contributed by atoms with van der Waals surface area (Å²) in [6, 6.07) is 6.94. The Balaban J connectivity index is 2.03. The molecule has 0 amide bonds. The smallest absolute Gasteiger partial charge is 0.340 e. The second kappa shape index (κ2) is 5.96. The molecule has 0 spiro atoms. The molecule has 106 valence electrons. The lowest BCUT2D eigenvalue weighted by Crippen LogP contribution is -2.09. The number of para-hydroxylation sites is 1. The molecule has 2 N–H and O–H groups in total. The normalized spacial score (nSPS) is 10.8. The average Bonchev–Trinajstić information content (AvgIpc) is 2.88. The number of carbonyl (C=O) groups excluding carboxylic acids is 1. The predicted molar refractivity (Wildman–Crippen MR) is 77.6 cm³/mol. The zero-order chi connectivity index (χ0) is 14.7. The Morgan fingerprint density at radius 3 is 2.85 bits per heavy atom. The van der Waals surface area contributed by atoms with Gasteiger partial charge in [0.25, 0.3) is 0 Å². The fourth-order valence-electron chi connectivity index (χ4n) is 1.67. The summed E-state index contributed by atoms with van der Waals surface area (Å²) < 4.78 is 6.99. The molecule has 2 aromatic rings. The van der Waals surface area contributed by atoms with Gasteiger partial charge >= 0.3 is 5.97 Å². The monoisotopic (exact) mass is 293 g/mol. The lowest BCUT2D eigenvalue weighted by molar-refractivity contribution is 0.0468. The zero-order valence-electron chi connectivity index (χ0n) is 11.3. The topological polar surface area (TPSA) is 70.1 Å². The fourth-order valence-corrected chi connectivity index (χ4v) is 1.85. The lowest BCUT2D eigenvalue weighted by atomic mass is 10.2. The SMILES string of the molecule is CC(C)n1ccc(COC(=O)c2cccc(Cl)c2N)n1. The fraction of sp³-hybridized carbons (Fsp3) is 0.286. The molecular formula is C14H16ClN3O2. The summed E-state index contributed by atoms with van der Waals surface area (Å²) >= 11 is 5.86. The third kappa shape index (κ3) is 3.11. The number of carbonyl (C=O) groups is 1. The van der Waals surface area contributed by atoms with Crippen molar-refractivity contribution in [3.05, 3.63) is 46.7 Å². The number of nitrogens with zero attached hydrogens (tertiary/aromatic N) is 2. The molecule has 20 heavy (non-hydrogen) atoms. The molecule has 1 heterocycles. The molecule has 0 radical (unpaired) electrons. The number of esters is 1. The van der Waals surface area contributed by atoms with Crippen LogP contribution in [0.2, 0.25) is 5.02 Å². The van der Waals surface area contributed by atoms with Gasteiger partial charge < -0.3 is 10.5 Å². The Labute approximate surface area is 122 Å². The molecule has 0 aliphatic heterocycles.